The minimum atomic E-state index is 0.0583. The number of carbonyl (C=O) groups is 1. The van der Waals surface area contributed by atoms with Crippen molar-refractivity contribution < 1.29 is 9.53 Å². The maximum atomic E-state index is 12.8. The van der Waals surface area contributed by atoms with Crippen molar-refractivity contribution in [3.05, 3.63) is 41.0 Å². The van der Waals surface area contributed by atoms with E-state index in [0.29, 0.717) is 6.54 Å². The number of aromatic nitrogens is 3. The van der Waals surface area contributed by atoms with Crippen LogP contribution in [0.2, 0.25) is 0 Å². The molecule has 0 bridgehead atoms. The number of hydrogen-bond acceptors (Lipinski definition) is 4. The molecule has 1 amide bonds. The molecule has 2 aliphatic heterocycles. The van der Waals surface area contributed by atoms with E-state index in [0.717, 1.165) is 60.9 Å². The van der Waals surface area contributed by atoms with Gasteiger partial charge in [-0.25, -0.2) is 0 Å². The Morgan fingerprint density at radius 1 is 1.11 bits per heavy atom. The van der Waals surface area contributed by atoms with Crippen molar-refractivity contribution in [3.8, 4) is 5.75 Å². The number of para-hydroxylation sites is 1. The van der Waals surface area contributed by atoms with Crippen LogP contribution in [0.25, 0.3) is 0 Å². The lowest BCUT2D eigenvalue weighted by atomic mass is 9.97. The van der Waals surface area contributed by atoms with Gasteiger partial charge in [0.2, 0.25) is 0 Å². The number of fused-ring (bicyclic) bond motifs is 1. The zero-order valence-electron chi connectivity index (χ0n) is 17.0. The van der Waals surface area contributed by atoms with Crippen LogP contribution in [0.15, 0.2) is 18.2 Å². The molecule has 2 aliphatic rings. The first kappa shape index (κ1) is 19.0. The van der Waals surface area contributed by atoms with E-state index >= 15 is 0 Å². The molecular weight excluding hydrogens is 352 g/mol. The van der Waals surface area contributed by atoms with Crippen molar-refractivity contribution in [1.29, 1.82) is 0 Å². The minimum absolute atomic E-state index is 0.0583. The standard InChI is InChI=1S/C22H30N4O2/c1-16-8-6-9-17(2)21(16)28-15-20(27)25-12-7-10-18(14-25)22-24-23-19-11-4-3-5-13-26(19)22/h6,8-9,18H,3-5,7,10-15H2,1-2H3. The van der Waals surface area contributed by atoms with Crippen LogP contribution in [-0.4, -0.2) is 45.3 Å². The molecule has 1 aromatic heterocycles. The summed E-state index contributed by atoms with van der Waals surface area (Å²) in [7, 11) is 0. The fourth-order valence-electron chi connectivity index (χ4n) is 4.48. The van der Waals surface area contributed by atoms with Gasteiger partial charge >= 0.3 is 0 Å². The molecule has 150 valence electrons. The van der Waals surface area contributed by atoms with E-state index in [4.69, 9.17) is 4.74 Å². The maximum Gasteiger partial charge on any atom is 0.260 e. The molecule has 0 spiro atoms. The molecule has 1 unspecified atom stereocenters. The Kier molecular flexibility index (Phi) is 5.64. The summed E-state index contributed by atoms with van der Waals surface area (Å²) in [4.78, 5) is 14.8. The highest BCUT2D eigenvalue weighted by Gasteiger charge is 2.29. The van der Waals surface area contributed by atoms with Gasteiger partial charge in [-0.15, -0.1) is 10.2 Å². The highest BCUT2D eigenvalue weighted by Crippen LogP contribution is 2.28. The Labute approximate surface area is 166 Å². The van der Waals surface area contributed by atoms with E-state index in [1.165, 1.54) is 19.3 Å². The van der Waals surface area contributed by atoms with Crippen molar-refractivity contribution in [2.45, 2.75) is 64.8 Å². The lowest BCUT2D eigenvalue weighted by Crippen LogP contribution is -2.42. The summed E-state index contributed by atoms with van der Waals surface area (Å²) in [5.74, 6) is 3.35. The lowest BCUT2D eigenvalue weighted by molar-refractivity contribution is -0.134. The van der Waals surface area contributed by atoms with Crippen LogP contribution in [0.3, 0.4) is 0 Å². The van der Waals surface area contributed by atoms with Crippen LogP contribution in [0, 0.1) is 13.8 Å². The van der Waals surface area contributed by atoms with Crippen LogP contribution in [0.5, 0.6) is 5.75 Å². The van der Waals surface area contributed by atoms with Gasteiger partial charge in [-0.05, 0) is 50.7 Å². The highest BCUT2D eigenvalue weighted by molar-refractivity contribution is 5.78. The van der Waals surface area contributed by atoms with Crippen LogP contribution >= 0.6 is 0 Å². The molecule has 0 radical (unpaired) electrons. The molecule has 0 aliphatic carbocycles. The number of rotatable bonds is 4. The van der Waals surface area contributed by atoms with Crippen molar-refractivity contribution in [3.63, 3.8) is 0 Å². The van der Waals surface area contributed by atoms with E-state index in [-0.39, 0.29) is 18.4 Å². The molecule has 1 atom stereocenters. The fraction of sp³-hybridized carbons (Fsp3) is 0.591. The number of piperidine rings is 1. The summed E-state index contributed by atoms with van der Waals surface area (Å²) < 4.78 is 8.21. The number of likely N-dealkylation sites (tertiary alicyclic amines) is 1. The highest BCUT2D eigenvalue weighted by atomic mass is 16.5. The second-order valence-corrected chi connectivity index (χ2v) is 8.13. The zero-order chi connectivity index (χ0) is 19.5. The van der Waals surface area contributed by atoms with Gasteiger partial charge in [0, 0.05) is 32.0 Å². The molecule has 6 heteroatoms. The summed E-state index contributed by atoms with van der Waals surface area (Å²) >= 11 is 0. The van der Waals surface area contributed by atoms with Gasteiger partial charge in [-0.2, -0.15) is 0 Å². The summed E-state index contributed by atoms with van der Waals surface area (Å²) in [6.07, 6.45) is 6.74. The normalized spacial score (nSPS) is 19.8. The number of benzene rings is 1. The number of aryl methyl sites for hydroxylation is 3. The van der Waals surface area contributed by atoms with E-state index < -0.39 is 0 Å². The largest absolute Gasteiger partial charge is 0.483 e. The van der Waals surface area contributed by atoms with Crippen molar-refractivity contribution in [2.24, 2.45) is 0 Å². The molecule has 3 heterocycles. The predicted molar refractivity (Wildman–Crippen MR) is 108 cm³/mol. The summed E-state index contributed by atoms with van der Waals surface area (Å²) in [5.41, 5.74) is 2.13. The molecule has 1 fully saturated rings. The van der Waals surface area contributed by atoms with Crippen molar-refractivity contribution in [1.82, 2.24) is 19.7 Å². The van der Waals surface area contributed by atoms with E-state index in [2.05, 4.69) is 14.8 Å². The van der Waals surface area contributed by atoms with Crippen LogP contribution in [0.1, 0.15) is 60.8 Å². The smallest absolute Gasteiger partial charge is 0.260 e. The second kappa shape index (κ2) is 8.33. The number of hydrogen-bond donors (Lipinski definition) is 0. The first-order valence-corrected chi connectivity index (χ1v) is 10.5. The van der Waals surface area contributed by atoms with E-state index in [9.17, 15) is 4.79 Å². The van der Waals surface area contributed by atoms with Gasteiger partial charge in [-0.3, -0.25) is 4.79 Å². The summed E-state index contributed by atoms with van der Waals surface area (Å²) in [6.45, 7) is 6.65. The summed E-state index contributed by atoms with van der Waals surface area (Å²) in [5, 5.41) is 8.96. The average molecular weight is 383 g/mol. The molecule has 6 nitrogen and oxygen atoms in total. The minimum Gasteiger partial charge on any atom is -0.483 e. The van der Waals surface area contributed by atoms with Gasteiger partial charge in [-0.1, -0.05) is 24.6 Å². The van der Waals surface area contributed by atoms with Gasteiger partial charge in [0.05, 0.1) is 0 Å². The number of ether oxygens (including phenoxy) is 1. The van der Waals surface area contributed by atoms with Crippen LogP contribution in [0.4, 0.5) is 0 Å². The fourth-order valence-corrected chi connectivity index (χ4v) is 4.48. The lowest BCUT2D eigenvalue weighted by Gasteiger charge is -2.32. The van der Waals surface area contributed by atoms with Gasteiger partial charge in [0.25, 0.3) is 5.91 Å². The zero-order valence-corrected chi connectivity index (χ0v) is 17.0. The van der Waals surface area contributed by atoms with Gasteiger partial charge in [0.15, 0.2) is 6.61 Å². The van der Waals surface area contributed by atoms with Gasteiger partial charge in [0.1, 0.15) is 17.4 Å². The third-order valence-electron chi connectivity index (χ3n) is 6.03. The number of carbonyl (C=O) groups excluding carboxylic acids is 1. The monoisotopic (exact) mass is 382 g/mol. The molecule has 1 saturated heterocycles. The third kappa shape index (κ3) is 3.91. The first-order valence-electron chi connectivity index (χ1n) is 10.5. The van der Waals surface area contributed by atoms with Crippen molar-refractivity contribution in [2.75, 3.05) is 19.7 Å². The Morgan fingerprint density at radius 3 is 2.75 bits per heavy atom. The first-order chi connectivity index (χ1) is 13.6. The van der Waals surface area contributed by atoms with Crippen molar-refractivity contribution >= 4 is 5.91 Å². The Balaban J connectivity index is 1.41. The van der Waals surface area contributed by atoms with Crippen LogP contribution in [-0.2, 0) is 17.8 Å². The van der Waals surface area contributed by atoms with Crippen LogP contribution < -0.4 is 4.74 Å². The third-order valence-corrected chi connectivity index (χ3v) is 6.03. The quantitative estimate of drug-likeness (QED) is 0.813. The average Bonchev–Trinajstić information content (AvgIpc) is 2.96. The topological polar surface area (TPSA) is 60.2 Å². The number of amides is 1. The van der Waals surface area contributed by atoms with E-state index in [1.807, 2.05) is 36.9 Å². The Bertz CT molecular complexity index is 825. The molecule has 4 rings (SSSR count). The molecule has 0 N–H and O–H groups in total. The predicted octanol–water partition coefficient (Wildman–Crippen LogP) is 3.41. The summed E-state index contributed by atoms with van der Waals surface area (Å²) in [6, 6.07) is 6.04. The Morgan fingerprint density at radius 2 is 1.93 bits per heavy atom. The molecule has 0 saturated carbocycles. The molecule has 28 heavy (non-hydrogen) atoms. The number of nitrogens with zero attached hydrogens (tertiary/aromatic N) is 4. The molecule has 2 aromatic rings. The second-order valence-electron chi connectivity index (χ2n) is 8.13. The SMILES string of the molecule is Cc1cccc(C)c1OCC(=O)N1CCCC(c2nnc3n2CCCCC3)C1. The van der Waals surface area contributed by atoms with Gasteiger partial charge < -0.3 is 14.2 Å². The molecular formula is C22H30N4O2. The molecule has 1 aromatic carbocycles. The van der Waals surface area contributed by atoms with E-state index in [1.54, 1.807) is 0 Å². The maximum absolute atomic E-state index is 12.8. The Hall–Kier alpha value is -2.37.